The molecule has 0 saturated heterocycles. The van der Waals surface area contributed by atoms with Gasteiger partial charge in [0.2, 0.25) is 5.56 Å². The maximum absolute atomic E-state index is 11.7. The van der Waals surface area contributed by atoms with Crippen LogP contribution in [0.4, 0.5) is 0 Å². The zero-order chi connectivity index (χ0) is 14.0. The number of aromatic amines is 1. The molecule has 1 atom stereocenters. The molecule has 0 aliphatic carbocycles. The van der Waals surface area contributed by atoms with Gasteiger partial charge in [-0.3, -0.25) is 9.59 Å². The fourth-order valence-electron chi connectivity index (χ4n) is 2.21. The van der Waals surface area contributed by atoms with Crippen LogP contribution < -0.4 is 5.56 Å². The number of nitrogens with one attached hydrogen (secondary N) is 1. The molecule has 0 amide bonds. The Balaban J connectivity index is 2.70. The lowest BCUT2D eigenvalue weighted by atomic mass is 9.96. The molecule has 1 aromatic heterocycles. The van der Waals surface area contributed by atoms with E-state index in [4.69, 9.17) is 4.74 Å². The standard InChI is InChI=1S/C15H17NO3/c1-4-10-5-6-13-12(7-10)11(8-14(17)16-13)9(2)15(18)19-3/h5-9H,4H2,1-3H3,(H,16,17). The zero-order valence-corrected chi connectivity index (χ0v) is 11.3. The number of hydrogen-bond donors (Lipinski definition) is 1. The number of carbonyl (C=O) groups is 1. The second-order valence-electron chi connectivity index (χ2n) is 4.57. The molecule has 0 aliphatic heterocycles. The minimum atomic E-state index is -0.457. The summed E-state index contributed by atoms with van der Waals surface area (Å²) in [6.45, 7) is 3.81. The van der Waals surface area contributed by atoms with E-state index in [-0.39, 0.29) is 11.5 Å². The number of H-pyrrole nitrogens is 1. The lowest BCUT2D eigenvalue weighted by molar-refractivity contribution is -0.141. The van der Waals surface area contributed by atoms with E-state index >= 15 is 0 Å². The highest BCUT2D eigenvalue weighted by Gasteiger charge is 2.19. The van der Waals surface area contributed by atoms with Crippen LogP contribution in [-0.2, 0) is 16.0 Å². The van der Waals surface area contributed by atoms with Gasteiger partial charge in [0.15, 0.2) is 0 Å². The highest BCUT2D eigenvalue weighted by molar-refractivity contribution is 5.89. The van der Waals surface area contributed by atoms with E-state index < -0.39 is 5.92 Å². The summed E-state index contributed by atoms with van der Waals surface area (Å²) in [4.78, 5) is 26.1. The molecule has 0 saturated carbocycles. The third-order valence-electron chi connectivity index (χ3n) is 3.37. The van der Waals surface area contributed by atoms with Crippen LogP contribution in [0.5, 0.6) is 0 Å². The van der Waals surface area contributed by atoms with Crippen LogP contribution >= 0.6 is 0 Å². The summed E-state index contributed by atoms with van der Waals surface area (Å²) in [6, 6.07) is 7.34. The number of ether oxygens (including phenoxy) is 1. The fourth-order valence-corrected chi connectivity index (χ4v) is 2.21. The maximum Gasteiger partial charge on any atom is 0.312 e. The number of pyridine rings is 1. The van der Waals surface area contributed by atoms with Crippen molar-refractivity contribution >= 4 is 16.9 Å². The van der Waals surface area contributed by atoms with E-state index in [0.717, 1.165) is 22.9 Å². The van der Waals surface area contributed by atoms with Crippen molar-refractivity contribution in [2.24, 2.45) is 0 Å². The van der Waals surface area contributed by atoms with Crippen molar-refractivity contribution in [3.05, 3.63) is 45.7 Å². The van der Waals surface area contributed by atoms with Gasteiger partial charge in [0.25, 0.3) is 0 Å². The van der Waals surface area contributed by atoms with E-state index in [9.17, 15) is 9.59 Å². The predicted octanol–water partition coefficient (Wildman–Crippen LogP) is 2.37. The van der Waals surface area contributed by atoms with Crippen LogP contribution in [0.2, 0.25) is 0 Å². The minimum absolute atomic E-state index is 0.206. The molecule has 2 rings (SSSR count). The Hall–Kier alpha value is -2.10. The third kappa shape index (κ3) is 2.52. The van der Waals surface area contributed by atoms with Gasteiger partial charge in [0, 0.05) is 17.0 Å². The van der Waals surface area contributed by atoms with Crippen LogP contribution in [0.3, 0.4) is 0 Å². The van der Waals surface area contributed by atoms with Gasteiger partial charge in [0.1, 0.15) is 0 Å². The molecule has 0 bridgehead atoms. The molecular formula is C15H17NO3. The molecular weight excluding hydrogens is 242 g/mol. The molecule has 100 valence electrons. The second-order valence-corrected chi connectivity index (χ2v) is 4.57. The van der Waals surface area contributed by atoms with Gasteiger partial charge < -0.3 is 9.72 Å². The Kier molecular flexibility index (Phi) is 3.69. The molecule has 0 radical (unpaired) electrons. The molecule has 19 heavy (non-hydrogen) atoms. The number of aromatic nitrogens is 1. The van der Waals surface area contributed by atoms with Crippen molar-refractivity contribution in [3.63, 3.8) is 0 Å². The predicted molar refractivity (Wildman–Crippen MR) is 74.4 cm³/mol. The number of rotatable bonds is 3. The van der Waals surface area contributed by atoms with Crippen molar-refractivity contribution in [2.45, 2.75) is 26.2 Å². The first-order valence-electron chi connectivity index (χ1n) is 6.30. The van der Waals surface area contributed by atoms with E-state index in [1.54, 1.807) is 6.92 Å². The molecule has 0 spiro atoms. The summed E-state index contributed by atoms with van der Waals surface area (Å²) in [6.07, 6.45) is 0.904. The van der Waals surface area contributed by atoms with Crippen molar-refractivity contribution in [2.75, 3.05) is 7.11 Å². The van der Waals surface area contributed by atoms with E-state index in [2.05, 4.69) is 11.9 Å². The number of carbonyl (C=O) groups excluding carboxylic acids is 1. The molecule has 0 aliphatic rings. The molecule has 2 aromatic rings. The van der Waals surface area contributed by atoms with Crippen LogP contribution in [0, 0.1) is 0 Å². The fraction of sp³-hybridized carbons (Fsp3) is 0.333. The Labute approximate surface area is 111 Å². The molecule has 4 nitrogen and oxygen atoms in total. The normalized spacial score (nSPS) is 12.4. The maximum atomic E-state index is 11.7. The molecule has 0 fully saturated rings. The summed E-state index contributed by atoms with van der Waals surface area (Å²) in [7, 11) is 1.35. The van der Waals surface area contributed by atoms with Gasteiger partial charge in [-0.2, -0.15) is 0 Å². The van der Waals surface area contributed by atoms with E-state index in [0.29, 0.717) is 5.56 Å². The first-order chi connectivity index (χ1) is 9.06. The Morgan fingerprint density at radius 2 is 2.11 bits per heavy atom. The minimum Gasteiger partial charge on any atom is -0.469 e. The summed E-state index contributed by atoms with van der Waals surface area (Å²) >= 11 is 0. The Morgan fingerprint density at radius 3 is 2.74 bits per heavy atom. The number of fused-ring (bicyclic) bond motifs is 1. The van der Waals surface area contributed by atoms with Crippen LogP contribution in [0.15, 0.2) is 29.1 Å². The van der Waals surface area contributed by atoms with Crippen LogP contribution in [0.1, 0.15) is 30.9 Å². The molecule has 1 heterocycles. The number of esters is 1. The SMILES string of the molecule is CCc1ccc2[nH]c(=O)cc(C(C)C(=O)OC)c2c1. The number of hydrogen-bond acceptors (Lipinski definition) is 3. The summed E-state index contributed by atoms with van der Waals surface area (Å²) in [5, 5.41) is 0.900. The third-order valence-corrected chi connectivity index (χ3v) is 3.37. The largest absolute Gasteiger partial charge is 0.469 e. The lowest BCUT2D eigenvalue weighted by Gasteiger charge is -2.13. The number of methoxy groups -OCH3 is 1. The van der Waals surface area contributed by atoms with Gasteiger partial charge in [-0.05, 0) is 36.6 Å². The molecule has 1 N–H and O–H groups in total. The highest BCUT2D eigenvalue weighted by Crippen LogP contribution is 2.25. The van der Waals surface area contributed by atoms with Gasteiger partial charge in [-0.25, -0.2) is 0 Å². The van der Waals surface area contributed by atoms with Gasteiger partial charge >= 0.3 is 5.97 Å². The van der Waals surface area contributed by atoms with E-state index in [1.165, 1.54) is 13.2 Å². The van der Waals surface area contributed by atoms with Gasteiger partial charge in [-0.15, -0.1) is 0 Å². The molecule has 4 heteroatoms. The van der Waals surface area contributed by atoms with E-state index in [1.807, 2.05) is 18.2 Å². The second kappa shape index (κ2) is 5.26. The highest BCUT2D eigenvalue weighted by atomic mass is 16.5. The smallest absolute Gasteiger partial charge is 0.312 e. The van der Waals surface area contributed by atoms with Gasteiger partial charge in [0.05, 0.1) is 13.0 Å². The topological polar surface area (TPSA) is 59.2 Å². The average Bonchev–Trinajstić information content (AvgIpc) is 2.44. The summed E-state index contributed by atoms with van der Waals surface area (Å²) in [5.74, 6) is -0.796. The van der Waals surface area contributed by atoms with Crippen LogP contribution in [0.25, 0.3) is 10.9 Å². The number of benzene rings is 1. The van der Waals surface area contributed by atoms with Crippen molar-refractivity contribution in [3.8, 4) is 0 Å². The summed E-state index contributed by atoms with van der Waals surface area (Å²) < 4.78 is 4.76. The first kappa shape index (κ1) is 13.3. The van der Waals surface area contributed by atoms with Crippen molar-refractivity contribution < 1.29 is 9.53 Å². The molecule has 1 aromatic carbocycles. The zero-order valence-electron chi connectivity index (χ0n) is 11.3. The summed E-state index contributed by atoms with van der Waals surface area (Å²) in [5.41, 5.74) is 2.41. The first-order valence-corrected chi connectivity index (χ1v) is 6.30. The van der Waals surface area contributed by atoms with Crippen LogP contribution in [-0.4, -0.2) is 18.1 Å². The van der Waals surface area contributed by atoms with Crippen molar-refractivity contribution in [1.29, 1.82) is 0 Å². The lowest BCUT2D eigenvalue weighted by Crippen LogP contribution is -2.15. The van der Waals surface area contributed by atoms with Crippen molar-refractivity contribution in [1.82, 2.24) is 4.98 Å². The quantitative estimate of drug-likeness (QED) is 0.861. The number of aryl methyl sites for hydroxylation is 1. The Bertz CT molecular complexity index is 673. The van der Waals surface area contributed by atoms with Gasteiger partial charge in [-0.1, -0.05) is 13.0 Å². The molecule has 1 unspecified atom stereocenters. The monoisotopic (exact) mass is 259 g/mol. The average molecular weight is 259 g/mol. The Morgan fingerprint density at radius 1 is 1.37 bits per heavy atom.